The van der Waals surface area contributed by atoms with Crippen molar-refractivity contribution in [1.82, 2.24) is 19.9 Å². The van der Waals surface area contributed by atoms with Crippen molar-refractivity contribution >= 4 is 39.1 Å². The molecule has 0 aliphatic carbocycles. The Morgan fingerprint density at radius 3 is 3.00 bits per heavy atom. The van der Waals surface area contributed by atoms with Crippen LogP contribution in [0, 0.1) is 0 Å². The number of nitrogens with one attached hydrogen (secondary N) is 2. The van der Waals surface area contributed by atoms with E-state index in [9.17, 15) is 0 Å². The van der Waals surface area contributed by atoms with E-state index in [0.717, 1.165) is 33.0 Å². The summed E-state index contributed by atoms with van der Waals surface area (Å²) in [4.78, 5) is 17.1. The average Bonchev–Trinajstić information content (AvgIpc) is 3.18. The number of hydrogen-bond donors (Lipinski definition) is 2. The van der Waals surface area contributed by atoms with E-state index in [1.807, 2.05) is 30.6 Å². The van der Waals surface area contributed by atoms with Crippen molar-refractivity contribution in [3.8, 4) is 0 Å². The summed E-state index contributed by atoms with van der Waals surface area (Å²) in [6.45, 7) is 0.675. The van der Waals surface area contributed by atoms with Crippen LogP contribution < -0.4 is 5.32 Å². The van der Waals surface area contributed by atoms with Gasteiger partial charge >= 0.3 is 0 Å². The van der Waals surface area contributed by atoms with Crippen molar-refractivity contribution in [2.24, 2.45) is 0 Å². The molecule has 0 aliphatic heterocycles. The molecule has 0 aliphatic rings. The summed E-state index contributed by atoms with van der Waals surface area (Å²) in [5, 5.41) is 5.78. The largest absolute Gasteiger partial charge is 0.357 e. The molecule has 0 fully saturated rings. The third-order valence-corrected chi connectivity index (χ3v) is 5.14. The Morgan fingerprint density at radius 2 is 2.12 bits per heavy atom. The highest BCUT2D eigenvalue weighted by Gasteiger charge is 2.12. The fraction of sp³-hybridized carbons (Fsp3) is 0.118. The number of rotatable bonds is 5. The molecule has 5 nitrogen and oxygen atoms in total. The average molecular weight is 356 g/mol. The van der Waals surface area contributed by atoms with Gasteiger partial charge in [-0.3, -0.25) is 4.98 Å². The number of nitrogens with zero attached hydrogens (tertiary/aromatic N) is 3. The van der Waals surface area contributed by atoms with Crippen LogP contribution in [0.3, 0.4) is 0 Å². The first kappa shape index (κ1) is 15.1. The van der Waals surface area contributed by atoms with Crippen LogP contribution in [-0.2, 0) is 13.0 Å². The Bertz CT molecular complexity index is 963. The number of pyridine rings is 2. The monoisotopic (exact) mass is 355 g/mol. The van der Waals surface area contributed by atoms with Gasteiger partial charge in [-0.05, 0) is 29.3 Å². The lowest BCUT2D eigenvalue weighted by Crippen LogP contribution is -1.98. The lowest BCUT2D eigenvalue weighted by Gasteiger charge is -2.01. The number of anilines is 1. The van der Waals surface area contributed by atoms with Crippen LogP contribution in [0.1, 0.15) is 16.0 Å². The molecule has 0 atom stereocenters. The molecule has 0 radical (unpaired) electrons. The lowest BCUT2D eigenvalue weighted by atomic mass is 10.1. The van der Waals surface area contributed by atoms with Gasteiger partial charge in [0, 0.05) is 43.1 Å². The fourth-order valence-corrected chi connectivity index (χ4v) is 3.72. The molecular formula is C17H14ClN5S. The van der Waals surface area contributed by atoms with E-state index in [2.05, 4.69) is 31.3 Å². The first-order valence-corrected chi connectivity index (χ1v) is 8.68. The Balaban J connectivity index is 1.51. The zero-order valence-corrected chi connectivity index (χ0v) is 14.2. The van der Waals surface area contributed by atoms with E-state index >= 15 is 0 Å². The quantitative estimate of drug-likeness (QED) is 0.561. The third-order valence-electron chi connectivity index (χ3n) is 3.70. The van der Waals surface area contributed by atoms with E-state index in [-0.39, 0.29) is 0 Å². The molecule has 0 aromatic carbocycles. The van der Waals surface area contributed by atoms with Crippen LogP contribution in [0.15, 0.2) is 49.1 Å². The molecule has 2 N–H and O–H groups in total. The van der Waals surface area contributed by atoms with Crippen LogP contribution in [0.4, 0.5) is 5.13 Å². The number of halogens is 1. The molecule has 4 aromatic heterocycles. The van der Waals surface area contributed by atoms with Crippen LogP contribution in [0.5, 0.6) is 0 Å². The van der Waals surface area contributed by atoms with Gasteiger partial charge in [-0.2, -0.15) is 0 Å². The molecule has 4 heterocycles. The Morgan fingerprint density at radius 1 is 1.21 bits per heavy atom. The molecule has 0 unspecified atom stereocenters. The first-order valence-electron chi connectivity index (χ1n) is 7.48. The number of aromatic nitrogens is 4. The van der Waals surface area contributed by atoms with E-state index in [1.165, 1.54) is 5.56 Å². The van der Waals surface area contributed by atoms with Gasteiger partial charge in [0.25, 0.3) is 0 Å². The summed E-state index contributed by atoms with van der Waals surface area (Å²) >= 11 is 7.89. The highest BCUT2D eigenvalue weighted by Crippen LogP contribution is 2.31. The molecule has 0 saturated heterocycles. The lowest BCUT2D eigenvalue weighted by molar-refractivity contribution is 1.10. The van der Waals surface area contributed by atoms with Gasteiger partial charge in [-0.15, -0.1) is 11.3 Å². The second kappa shape index (κ2) is 6.59. The molecule has 0 spiro atoms. The number of hydrogen-bond acceptors (Lipinski definition) is 5. The second-order valence-corrected chi connectivity index (χ2v) is 6.78. The maximum Gasteiger partial charge on any atom is 0.184 e. The SMILES string of the molecule is Clc1nc(NCc2cccnc2)sc1Cc1c[nH]c2ncccc12. The number of aromatic amines is 1. The minimum atomic E-state index is 0.548. The zero-order valence-electron chi connectivity index (χ0n) is 12.7. The maximum absolute atomic E-state index is 6.32. The smallest absolute Gasteiger partial charge is 0.184 e. The molecule has 0 saturated carbocycles. The summed E-state index contributed by atoms with van der Waals surface area (Å²) in [5.74, 6) is 0. The van der Waals surface area contributed by atoms with Crippen LogP contribution in [-0.4, -0.2) is 19.9 Å². The number of H-pyrrole nitrogens is 1. The van der Waals surface area contributed by atoms with E-state index in [4.69, 9.17) is 11.6 Å². The Kier molecular flexibility index (Phi) is 4.15. The standard InChI is InChI=1S/C17H14ClN5S/c18-15-14(7-12-10-21-16-13(12)4-2-6-20-16)24-17(23-15)22-9-11-3-1-5-19-8-11/h1-6,8,10H,7,9H2,(H,20,21)(H,22,23). The maximum atomic E-state index is 6.32. The summed E-state index contributed by atoms with van der Waals surface area (Å²) in [6.07, 6.45) is 8.09. The van der Waals surface area contributed by atoms with Crippen molar-refractivity contribution in [3.63, 3.8) is 0 Å². The van der Waals surface area contributed by atoms with E-state index < -0.39 is 0 Å². The normalized spacial score (nSPS) is 11.0. The molecule has 120 valence electrons. The highest BCUT2D eigenvalue weighted by molar-refractivity contribution is 7.16. The van der Waals surface area contributed by atoms with Gasteiger partial charge < -0.3 is 10.3 Å². The summed E-state index contributed by atoms with van der Waals surface area (Å²) in [5.41, 5.74) is 3.17. The molecule has 7 heteroatoms. The van der Waals surface area contributed by atoms with Crippen molar-refractivity contribution in [2.75, 3.05) is 5.32 Å². The second-order valence-electron chi connectivity index (χ2n) is 5.34. The van der Waals surface area contributed by atoms with Crippen LogP contribution >= 0.6 is 22.9 Å². The van der Waals surface area contributed by atoms with Crippen molar-refractivity contribution in [1.29, 1.82) is 0 Å². The number of fused-ring (bicyclic) bond motifs is 1. The first-order chi connectivity index (χ1) is 11.8. The summed E-state index contributed by atoms with van der Waals surface area (Å²) in [7, 11) is 0. The molecular weight excluding hydrogens is 342 g/mol. The summed E-state index contributed by atoms with van der Waals surface area (Å²) in [6, 6.07) is 7.94. The van der Waals surface area contributed by atoms with Gasteiger partial charge in [0.05, 0.1) is 4.88 Å². The minimum Gasteiger partial charge on any atom is -0.357 e. The van der Waals surface area contributed by atoms with Crippen molar-refractivity contribution in [3.05, 3.63) is 70.2 Å². The molecule has 24 heavy (non-hydrogen) atoms. The Hall–Kier alpha value is -2.44. The van der Waals surface area contributed by atoms with E-state index in [0.29, 0.717) is 11.7 Å². The van der Waals surface area contributed by atoms with Gasteiger partial charge in [0.1, 0.15) is 10.8 Å². The fourth-order valence-electron chi connectivity index (χ4n) is 2.53. The molecule has 0 bridgehead atoms. The van der Waals surface area contributed by atoms with Gasteiger partial charge in [-0.1, -0.05) is 17.7 Å². The third kappa shape index (κ3) is 3.11. The summed E-state index contributed by atoms with van der Waals surface area (Å²) < 4.78 is 0. The van der Waals surface area contributed by atoms with Crippen molar-refractivity contribution < 1.29 is 0 Å². The zero-order chi connectivity index (χ0) is 16.4. The van der Waals surface area contributed by atoms with E-state index in [1.54, 1.807) is 23.7 Å². The van der Waals surface area contributed by atoms with Crippen LogP contribution in [0.25, 0.3) is 11.0 Å². The highest BCUT2D eigenvalue weighted by atomic mass is 35.5. The predicted octanol–water partition coefficient (Wildman–Crippen LogP) is 4.27. The topological polar surface area (TPSA) is 66.5 Å². The minimum absolute atomic E-state index is 0.548. The van der Waals surface area contributed by atoms with Gasteiger partial charge in [0.15, 0.2) is 5.13 Å². The predicted molar refractivity (Wildman–Crippen MR) is 97.6 cm³/mol. The van der Waals surface area contributed by atoms with Crippen molar-refractivity contribution in [2.45, 2.75) is 13.0 Å². The Labute approximate surface area is 147 Å². The number of thiazole rings is 1. The molecule has 4 aromatic rings. The molecule has 0 amide bonds. The van der Waals surface area contributed by atoms with Gasteiger partial charge in [0.2, 0.25) is 0 Å². The molecule has 4 rings (SSSR count). The van der Waals surface area contributed by atoms with Crippen LogP contribution in [0.2, 0.25) is 5.15 Å². The van der Waals surface area contributed by atoms with Gasteiger partial charge in [-0.25, -0.2) is 9.97 Å².